The van der Waals surface area contributed by atoms with E-state index in [-0.39, 0.29) is 36.8 Å². The van der Waals surface area contributed by atoms with E-state index >= 15 is 0 Å². The van der Waals surface area contributed by atoms with E-state index in [0.29, 0.717) is 6.54 Å². The van der Waals surface area contributed by atoms with E-state index in [1.165, 1.54) is 11.8 Å². The summed E-state index contributed by atoms with van der Waals surface area (Å²) in [7, 11) is 1.58. The second-order valence-electron chi connectivity index (χ2n) is 4.20. The minimum absolute atomic E-state index is 0. The van der Waals surface area contributed by atoms with Crippen LogP contribution in [0.4, 0.5) is 0 Å². The van der Waals surface area contributed by atoms with Crippen LogP contribution < -0.4 is 11.1 Å². The molecule has 2 amide bonds. The molecule has 0 fully saturated rings. The molecule has 0 aliphatic rings. The molecule has 0 heterocycles. The highest BCUT2D eigenvalue weighted by Gasteiger charge is 2.10. The third kappa shape index (κ3) is 6.22. The van der Waals surface area contributed by atoms with Crippen molar-refractivity contribution in [2.24, 2.45) is 5.73 Å². The third-order valence-corrected chi connectivity index (χ3v) is 2.67. The van der Waals surface area contributed by atoms with Crippen LogP contribution in [0.15, 0.2) is 30.3 Å². The lowest BCUT2D eigenvalue weighted by atomic mass is 10.1. The van der Waals surface area contributed by atoms with Crippen LogP contribution in [-0.4, -0.2) is 36.9 Å². The van der Waals surface area contributed by atoms with Gasteiger partial charge >= 0.3 is 0 Å². The fourth-order valence-electron chi connectivity index (χ4n) is 1.42. The number of hydrogen-bond acceptors (Lipinski definition) is 3. The normalized spacial score (nSPS) is 11.1. The first-order chi connectivity index (χ1) is 8.50. The molecule has 5 nitrogen and oxygen atoms in total. The number of nitrogens with one attached hydrogen (secondary N) is 1. The Morgan fingerprint density at radius 3 is 2.42 bits per heavy atom. The first-order valence-electron chi connectivity index (χ1n) is 5.79. The molecule has 3 N–H and O–H groups in total. The van der Waals surface area contributed by atoms with Crippen molar-refractivity contribution < 1.29 is 9.59 Å². The number of rotatable bonds is 5. The molecule has 0 saturated heterocycles. The molecule has 6 heteroatoms. The first-order valence-corrected chi connectivity index (χ1v) is 5.79. The van der Waals surface area contributed by atoms with Crippen LogP contribution >= 0.6 is 12.4 Å². The molecule has 0 radical (unpaired) electrons. The lowest BCUT2D eigenvalue weighted by Gasteiger charge is -2.16. The minimum atomic E-state index is -0.238. The van der Waals surface area contributed by atoms with Crippen molar-refractivity contribution in [2.75, 3.05) is 20.1 Å². The Bertz CT molecular complexity index is 412. The predicted octanol–water partition coefficient (Wildman–Crippen LogP) is 0.703. The zero-order chi connectivity index (χ0) is 13.5. The van der Waals surface area contributed by atoms with Crippen molar-refractivity contribution in [3.05, 3.63) is 35.9 Å². The molecule has 19 heavy (non-hydrogen) atoms. The van der Waals surface area contributed by atoms with Crippen molar-refractivity contribution in [3.63, 3.8) is 0 Å². The molecule has 0 bridgehead atoms. The molecule has 0 aromatic heterocycles. The zero-order valence-corrected chi connectivity index (χ0v) is 11.9. The monoisotopic (exact) mass is 285 g/mol. The smallest absolute Gasteiger partial charge is 0.239 e. The van der Waals surface area contributed by atoms with Crippen LogP contribution in [0.25, 0.3) is 0 Å². The number of amides is 2. The van der Waals surface area contributed by atoms with Gasteiger partial charge in [0.15, 0.2) is 0 Å². The van der Waals surface area contributed by atoms with Crippen LogP contribution in [0.2, 0.25) is 0 Å². The van der Waals surface area contributed by atoms with Crippen LogP contribution in [0.5, 0.6) is 0 Å². The molecule has 0 saturated carbocycles. The number of nitrogens with zero attached hydrogens (tertiary/aromatic N) is 1. The third-order valence-electron chi connectivity index (χ3n) is 2.67. The minimum Gasteiger partial charge on any atom is -0.353 e. The van der Waals surface area contributed by atoms with Crippen molar-refractivity contribution in [1.82, 2.24) is 10.2 Å². The highest BCUT2D eigenvalue weighted by Crippen LogP contribution is 2.07. The predicted molar refractivity (Wildman–Crippen MR) is 76.9 cm³/mol. The summed E-state index contributed by atoms with van der Waals surface area (Å²) in [6.45, 7) is 1.83. The van der Waals surface area contributed by atoms with E-state index in [1.807, 2.05) is 30.3 Å². The zero-order valence-electron chi connectivity index (χ0n) is 11.1. The maximum Gasteiger partial charge on any atom is 0.239 e. The standard InChI is InChI=1S/C13H19N3O2.ClH/c1-10(17)16(2)9-13(18)15-8-12(14)11-6-4-3-5-7-11;/h3-7,12H,8-9,14H2,1-2H3,(H,15,18);1H. The van der Waals surface area contributed by atoms with Gasteiger partial charge in [0.1, 0.15) is 0 Å². The molecule has 106 valence electrons. The molecule has 1 unspecified atom stereocenters. The Labute approximate surface area is 119 Å². The van der Waals surface area contributed by atoms with Crippen molar-refractivity contribution in [1.29, 1.82) is 0 Å². The van der Waals surface area contributed by atoms with Gasteiger partial charge in [-0.3, -0.25) is 9.59 Å². The van der Waals surface area contributed by atoms with Crippen molar-refractivity contribution >= 4 is 24.2 Å². The highest BCUT2D eigenvalue weighted by molar-refractivity contribution is 5.85. The van der Waals surface area contributed by atoms with Crippen molar-refractivity contribution in [2.45, 2.75) is 13.0 Å². The number of nitrogens with two attached hydrogens (primary N) is 1. The SMILES string of the molecule is CC(=O)N(C)CC(=O)NCC(N)c1ccccc1.Cl. The number of carbonyl (C=O) groups is 2. The summed E-state index contributed by atoms with van der Waals surface area (Å²) < 4.78 is 0. The summed E-state index contributed by atoms with van der Waals surface area (Å²) in [6, 6.07) is 9.31. The Balaban J connectivity index is 0.00000324. The molecule has 1 rings (SSSR count). The van der Waals surface area contributed by atoms with E-state index in [0.717, 1.165) is 5.56 Å². The van der Waals surface area contributed by atoms with Gasteiger partial charge in [0, 0.05) is 26.6 Å². The summed E-state index contributed by atoms with van der Waals surface area (Å²) in [5.74, 6) is -0.350. The van der Waals surface area contributed by atoms with Crippen LogP contribution in [0.3, 0.4) is 0 Å². The highest BCUT2D eigenvalue weighted by atomic mass is 35.5. The summed E-state index contributed by atoms with van der Waals surface area (Å²) >= 11 is 0. The molecular weight excluding hydrogens is 266 g/mol. The van der Waals surface area contributed by atoms with Gasteiger partial charge in [-0.2, -0.15) is 0 Å². The Hall–Kier alpha value is -1.59. The topological polar surface area (TPSA) is 75.4 Å². The Morgan fingerprint density at radius 1 is 1.32 bits per heavy atom. The largest absolute Gasteiger partial charge is 0.353 e. The van der Waals surface area contributed by atoms with E-state index in [1.54, 1.807) is 7.05 Å². The summed E-state index contributed by atoms with van der Waals surface area (Å²) in [6.07, 6.45) is 0. The lowest BCUT2D eigenvalue weighted by Crippen LogP contribution is -2.40. The number of halogens is 1. The number of hydrogen-bond donors (Lipinski definition) is 2. The van der Waals surface area contributed by atoms with Crippen LogP contribution in [0.1, 0.15) is 18.5 Å². The lowest BCUT2D eigenvalue weighted by molar-refractivity contribution is -0.133. The number of benzene rings is 1. The van der Waals surface area contributed by atoms with Gasteiger partial charge in [-0.15, -0.1) is 12.4 Å². The maximum atomic E-state index is 11.5. The molecule has 1 aromatic rings. The summed E-state index contributed by atoms with van der Waals surface area (Å²) in [5, 5.41) is 2.71. The van der Waals surface area contributed by atoms with Gasteiger partial charge in [0.05, 0.1) is 6.54 Å². The van der Waals surface area contributed by atoms with Gasteiger partial charge < -0.3 is 16.0 Å². The van der Waals surface area contributed by atoms with Gasteiger partial charge in [-0.05, 0) is 5.56 Å². The number of likely N-dealkylation sites (N-methyl/N-ethyl adjacent to an activating group) is 1. The van der Waals surface area contributed by atoms with Crippen LogP contribution in [0, 0.1) is 0 Å². The second kappa shape index (κ2) is 8.50. The quantitative estimate of drug-likeness (QED) is 0.836. The van der Waals surface area contributed by atoms with Gasteiger partial charge in [-0.1, -0.05) is 30.3 Å². The van der Waals surface area contributed by atoms with E-state index in [4.69, 9.17) is 5.73 Å². The van der Waals surface area contributed by atoms with E-state index in [9.17, 15) is 9.59 Å². The maximum absolute atomic E-state index is 11.5. The number of carbonyl (C=O) groups excluding carboxylic acids is 2. The molecule has 1 atom stereocenters. The van der Waals surface area contributed by atoms with E-state index < -0.39 is 0 Å². The average Bonchev–Trinajstić information content (AvgIpc) is 2.36. The Morgan fingerprint density at radius 2 is 1.89 bits per heavy atom. The summed E-state index contributed by atoms with van der Waals surface area (Å²) in [5.41, 5.74) is 6.91. The van der Waals surface area contributed by atoms with E-state index in [2.05, 4.69) is 5.32 Å². The molecular formula is C13H20ClN3O2. The second-order valence-corrected chi connectivity index (χ2v) is 4.20. The van der Waals surface area contributed by atoms with Gasteiger partial charge in [0.25, 0.3) is 0 Å². The fraction of sp³-hybridized carbons (Fsp3) is 0.385. The molecule has 0 aliphatic carbocycles. The fourth-order valence-corrected chi connectivity index (χ4v) is 1.42. The van der Waals surface area contributed by atoms with Crippen LogP contribution in [-0.2, 0) is 9.59 Å². The summed E-state index contributed by atoms with van der Waals surface area (Å²) in [4.78, 5) is 23.8. The molecule has 0 spiro atoms. The molecule has 0 aliphatic heterocycles. The first kappa shape index (κ1) is 17.4. The van der Waals surface area contributed by atoms with Gasteiger partial charge in [0.2, 0.25) is 11.8 Å². The Kier molecular flexibility index (Phi) is 7.79. The molecule has 1 aromatic carbocycles. The van der Waals surface area contributed by atoms with Crippen molar-refractivity contribution in [3.8, 4) is 0 Å². The average molecular weight is 286 g/mol. The van der Waals surface area contributed by atoms with Gasteiger partial charge in [-0.25, -0.2) is 0 Å².